The van der Waals surface area contributed by atoms with Crippen LogP contribution in [0.2, 0.25) is 0 Å². The minimum Gasteiger partial charge on any atom is -0.493 e. The molecule has 6 amide bonds. The number of likely N-dealkylation sites (N-methyl/N-ethyl adjacent to an activating group) is 3. The number of rotatable bonds is 21. The predicted octanol–water partition coefficient (Wildman–Crippen LogP) is 3.65. The summed E-state index contributed by atoms with van der Waals surface area (Å²) in [5.74, 6) is -5.28. The van der Waals surface area contributed by atoms with Crippen molar-refractivity contribution in [1.29, 1.82) is 0 Å². The molecule has 25 heteroatoms. The Morgan fingerprint density at radius 1 is 0.974 bits per heavy atom. The minimum absolute atomic E-state index is 0.0202. The van der Waals surface area contributed by atoms with Crippen LogP contribution in [0.25, 0.3) is 11.3 Å². The second-order valence-corrected chi connectivity index (χ2v) is 23.5. The van der Waals surface area contributed by atoms with Crippen LogP contribution in [0, 0.1) is 17.6 Å². The highest BCUT2D eigenvalue weighted by Gasteiger charge is 2.40. The fraction of sp³-hybridized carbons (Fsp3) is 0.577. The molecule has 6 N–H and O–H groups in total. The molecule has 0 saturated carbocycles. The van der Waals surface area contributed by atoms with Gasteiger partial charge < -0.3 is 55.9 Å². The van der Waals surface area contributed by atoms with Gasteiger partial charge in [0.15, 0.2) is 5.82 Å². The van der Waals surface area contributed by atoms with Gasteiger partial charge in [-0.1, -0.05) is 13.8 Å². The lowest BCUT2D eigenvalue weighted by molar-refractivity contribution is -0.143. The van der Waals surface area contributed by atoms with E-state index in [9.17, 15) is 37.4 Å². The number of nitrogens with zero attached hydrogens (tertiary/aromatic N) is 7. The monoisotopic (exact) mass is 1100 g/mol. The Morgan fingerprint density at radius 2 is 1.66 bits per heavy atom. The van der Waals surface area contributed by atoms with Crippen LogP contribution in [0.5, 0.6) is 11.5 Å². The number of hydrogen-bond donors (Lipinski definition) is 5. The molecule has 5 atom stereocenters. The Hall–Kier alpha value is -6.57. The quantitative estimate of drug-likeness (QED) is 0.102. The number of hydrogen-bond acceptors (Lipinski definition) is 16. The summed E-state index contributed by atoms with van der Waals surface area (Å²) in [5.41, 5.74) is 5.86. The Bertz CT molecular complexity index is 2720. The molecule has 0 spiro atoms. The molecule has 2 aliphatic heterocycles. The van der Waals surface area contributed by atoms with E-state index in [1.165, 1.54) is 23.3 Å². The van der Waals surface area contributed by atoms with Crippen molar-refractivity contribution in [2.75, 3.05) is 91.7 Å². The molecule has 424 valence electrons. The number of carbonyl (C=O) groups is 6. The van der Waals surface area contributed by atoms with Crippen molar-refractivity contribution in [3.8, 4) is 22.8 Å². The Labute approximate surface area is 450 Å². The average molecular weight is 1100 g/mol. The number of ether oxygens (including phenoxy) is 3. The van der Waals surface area contributed by atoms with Crippen LogP contribution < -0.4 is 36.5 Å². The SMILES string of the molecule is CC(C)[C@H](NC(=O)[C@@H]1CCCN1C(=O)[C@H](CC(N)=O)NC(=O)CN(C)CCN(C)CCN(C)CCNC(=O)OC(C)(C)C)C(=O)N=[S@@](C)(=O)Cc1cc2cc(c1)O[C@@H](C)CCOc1cc(F)ccc1-c1nc(ncc1F)N2. The smallest absolute Gasteiger partial charge is 0.407 e. The van der Waals surface area contributed by atoms with Crippen molar-refractivity contribution < 1.29 is 56.0 Å². The summed E-state index contributed by atoms with van der Waals surface area (Å²) in [6, 6.07) is 4.94. The van der Waals surface area contributed by atoms with Crippen molar-refractivity contribution >= 4 is 57.0 Å². The first-order valence-electron chi connectivity index (χ1n) is 25.6. The molecule has 3 heterocycles. The zero-order valence-corrected chi connectivity index (χ0v) is 46.6. The van der Waals surface area contributed by atoms with E-state index in [1.807, 2.05) is 14.1 Å². The van der Waals surface area contributed by atoms with Crippen LogP contribution in [0.3, 0.4) is 0 Å². The van der Waals surface area contributed by atoms with Gasteiger partial charge in [-0.2, -0.15) is 4.36 Å². The zero-order valence-electron chi connectivity index (χ0n) is 45.8. The maximum Gasteiger partial charge on any atom is 0.407 e. The number of alkyl carbamates (subject to hydrolysis) is 1. The predicted molar refractivity (Wildman–Crippen MR) is 286 cm³/mol. The van der Waals surface area contributed by atoms with Crippen LogP contribution in [-0.2, 0) is 44.2 Å². The summed E-state index contributed by atoms with van der Waals surface area (Å²) in [6.07, 6.45) is 1.84. The molecule has 2 aromatic carbocycles. The maximum atomic E-state index is 15.2. The van der Waals surface area contributed by atoms with E-state index in [0.717, 1.165) is 18.8 Å². The molecule has 1 saturated heterocycles. The van der Waals surface area contributed by atoms with Crippen molar-refractivity contribution in [2.45, 2.75) is 103 Å². The first-order valence-corrected chi connectivity index (χ1v) is 27.7. The molecule has 2 aliphatic rings. The summed E-state index contributed by atoms with van der Waals surface area (Å²) in [7, 11) is 2.29. The highest BCUT2D eigenvalue weighted by molar-refractivity contribution is 7.92. The van der Waals surface area contributed by atoms with Gasteiger partial charge in [0.05, 0.1) is 47.4 Å². The van der Waals surface area contributed by atoms with E-state index in [0.29, 0.717) is 62.6 Å². The van der Waals surface area contributed by atoms with Gasteiger partial charge in [0.25, 0.3) is 5.91 Å². The molecule has 4 bridgehead atoms. The summed E-state index contributed by atoms with van der Waals surface area (Å²) in [6.45, 7) is 14.3. The van der Waals surface area contributed by atoms with Gasteiger partial charge in [-0.3, -0.25) is 28.9 Å². The van der Waals surface area contributed by atoms with Gasteiger partial charge in [0.1, 0.15) is 46.7 Å². The average Bonchev–Trinajstić information content (AvgIpc) is 3.82. The van der Waals surface area contributed by atoms with Crippen molar-refractivity contribution in [3.05, 3.63) is 59.8 Å². The highest BCUT2D eigenvalue weighted by atomic mass is 32.2. The number of aromatic nitrogens is 2. The van der Waals surface area contributed by atoms with Gasteiger partial charge in [-0.25, -0.2) is 27.8 Å². The van der Waals surface area contributed by atoms with Crippen LogP contribution in [0.15, 0.2) is 47.0 Å². The van der Waals surface area contributed by atoms with Crippen LogP contribution >= 0.6 is 0 Å². The molecule has 1 fully saturated rings. The molecule has 77 heavy (non-hydrogen) atoms. The van der Waals surface area contributed by atoms with Crippen molar-refractivity contribution in [3.63, 3.8) is 0 Å². The number of amides is 6. The largest absolute Gasteiger partial charge is 0.493 e. The number of nitrogens with one attached hydrogen (secondary N) is 4. The maximum absolute atomic E-state index is 15.2. The molecule has 0 aliphatic carbocycles. The molecule has 5 rings (SSSR count). The Kier molecular flexibility index (Phi) is 22.0. The molecule has 0 radical (unpaired) electrons. The number of anilines is 2. The standard InChI is InChI=1S/C52H76F2N12O10S/c1-32(2)45(48(70)62-77(10,73)31-34-24-36-27-37(25-34)75-33(3)15-23-74-42-26-35(53)13-14-38(42)46-39(54)29-57-50(58-36)61-46)60-47(69)41-12-11-17-66(41)49(71)40(28-43(55)67)59-44(68)30-65(9)22-21-64(8)20-19-63(7)18-16-56-51(72)76-52(4,5)6/h13-14,24-27,29,32-33,40-41,45H,11-12,15-23,28,30-31H2,1-10H3,(H2,55,67)(H,56,72)(H,59,68)(H,60,69)(H,57,58,61)/t33-,40-,41-,45-,77-/m0/s1. The molecule has 3 aromatic rings. The van der Waals surface area contributed by atoms with Gasteiger partial charge in [-0.05, 0) is 97.4 Å². The van der Waals surface area contributed by atoms with Crippen LogP contribution in [0.4, 0.5) is 25.2 Å². The van der Waals surface area contributed by atoms with Crippen molar-refractivity contribution in [1.82, 2.24) is 45.5 Å². The molecule has 0 unspecified atom stereocenters. The fourth-order valence-corrected chi connectivity index (χ4v) is 9.80. The highest BCUT2D eigenvalue weighted by Crippen LogP contribution is 2.34. The number of benzene rings is 2. The summed E-state index contributed by atoms with van der Waals surface area (Å²) < 4.78 is 65.2. The summed E-state index contributed by atoms with van der Waals surface area (Å²) >= 11 is 0. The topological polar surface area (TPSA) is 272 Å². The lowest BCUT2D eigenvalue weighted by Gasteiger charge is -2.30. The van der Waals surface area contributed by atoms with E-state index in [1.54, 1.807) is 71.7 Å². The van der Waals surface area contributed by atoms with Crippen LogP contribution in [-0.4, -0.2) is 186 Å². The van der Waals surface area contributed by atoms with E-state index >= 15 is 4.39 Å². The van der Waals surface area contributed by atoms with Gasteiger partial charge in [0.2, 0.25) is 29.6 Å². The number of fused-ring (bicyclic) bond motifs is 6. The second-order valence-electron chi connectivity index (χ2n) is 21.1. The van der Waals surface area contributed by atoms with E-state index < -0.39 is 99.2 Å². The third-order valence-electron chi connectivity index (χ3n) is 12.4. The number of primary amides is 1. The Morgan fingerprint density at radius 3 is 2.34 bits per heavy atom. The molecule has 22 nitrogen and oxygen atoms in total. The third kappa shape index (κ3) is 19.7. The molecular formula is C52H76F2N12O10S. The number of carbonyl (C=O) groups excluding carboxylic acids is 6. The first kappa shape index (κ1) is 61.3. The summed E-state index contributed by atoms with van der Waals surface area (Å²) in [4.78, 5) is 95.1. The van der Waals surface area contributed by atoms with E-state index in [2.05, 4.69) is 45.4 Å². The van der Waals surface area contributed by atoms with Gasteiger partial charge in [0, 0.05) is 81.9 Å². The Balaban J connectivity index is 1.20. The third-order valence-corrected chi connectivity index (χ3v) is 13.8. The number of nitrogens with two attached hydrogens (primary N) is 1. The fourth-order valence-electron chi connectivity index (χ4n) is 8.46. The van der Waals surface area contributed by atoms with Gasteiger partial charge >= 0.3 is 6.09 Å². The van der Waals surface area contributed by atoms with Gasteiger partial charge in [-0.15, -0.1) is 0 Å². The number of likely N-dealkylation sites (tertiary alicyclic amines) is 1. The zero-order chi connectivity index (χ0) is 56.8. The van der Waals surface area contributed by atoms with E-state index in [4.69, 9.17) is 19.9 Å². The van der Waals surface area contributed by atoms with Crippen molar-refractivity contribution in [2.24, 2.45) is 16.0 Å². The van der Waals surface area contributed by atoms with E-state index in [-0.39, 0.29) is 54.8 Å². The summed E-state index contributed by atoms with van der Waals surface area (Å²) in [5, 5.41) is 11.1. The lowest BCUT2D eigenvalue weighted by atomic mass is 10.0. The number of halogens is 2. The lowest BCUT2D eigenvalue weighted by Crippen LogP contribution is -2.57. The second kappa shape index (κ2) is 27.7. The first-order chi connectivity index (χ1) is 36.1. The minimum atomic E-state index is -3.36. The normalized spacial score (nSPS) is 17.2. The molecular weight excluding hydrogens is 1020 g/mol. The molecule has 1 aromatic heterocycles. The van der Waals surface area contributed by atoms with Crippen LogP contribution in [0.1, 0.15) is 72.8 Å².